The third kappa shape index (κ3) is 1.99. The standard InChI is InChI=1S/C11H15NOS/c1-2-10(11-4-3-9-14-11)12-5-7-13-8-6-12/h2-4,9H,5-8H2,1H3. The van der Waals surface area contributed by atoms with Crippen molar-refractivity contribution in [1.82, 2.24) is 4.90 Å². The largest absolute Gasteiger partial charge is 0.378 e. The van der Waals surface area contributed by atoms with Crippen molar-refractivity contribution in [2.75, 3.05) is 26.3 Å². The Kier molecular flexibility index (Phi) is 3.22. The van der Waals surface area contributed by atoms with E-state index in [2.05, 4.69) is 35.4 Å². The van der Waals surface area contributed by atoms with Gasteiger partial charge in [-0.3, -0.25) is 0 Å². The lowest BCUT2D eigenvalue weighted by Crippen LogP contribution is -2.34. The average molecular weight is 209 g/mol. The molecule has 1 saturated heterocycles. The van der Waals surface area contributed by atoms with Crippen LogP contribution in [0.4, 0.5) is 0 Å². The van der Waals surface area contributed by atoms with Crippen molar-refractivity contribution >= 4 is 17.0 Å². The average Bonchev–Trinajstić information content (AvgIpc) is 2.74. The Morgan fingerprint density at radius 1 is 1.50 bits per heavy atom. The fourth-order valence-corrected chi connectivity index (χ4v) is 2.54. The quantitative estimate of drug-likeness (QED) is 0.742. The van der Waals surface area contributed by atoms with Crippen LogP contribution in [0.5, 0.6) is 0 Å². The van der Waals surface area contributed by atoms with E-state index in [4.69, 9.17) is 4.74 Å². The van der Waals surface area contributed by atoms with Crippen molar-refractivity contribution in [2.24, 2.45) is 0 Å². The molecular weight excluding hydrogens is 194 g/mol. The highest BCUT2D eigenvalue weighted by Crippen LogP contribution is 2.24. The van der Waals surface area contributed by atoms with Crippen LogP contribution < -0.4 is 0 Å². The van der Waals surface area contributed by atoms with Gasteiger partial charge in [0.05, 0.1) is 18.1 Å². The first-order valence-electron chi connectivity index (χ1n) is 4.94. The van der Waals surface area contributed by atoms with Crippen LogP contribution in [0.1, 0.15) is 11.8 Å². The van der Waals surface area contributed by atoms with Gasteiger partial charge in [-0.25, -0.2) is 0 Å². The third-order valence-electron chi connectivity index (χ3n) is 2.40. The van der Waals surface area contributed by atoms with Gasteiger partial charge in [0, 0.05) is 18.8 Å². The molecule has 1 aliphatic heterocycles. The smallest absolute Gasteiger partial charge is 0.0642 e. The normalized spacial score (nSPS) is 18.6. The van der Waals surface area contributed by atoms with E-state index in [1.165, 1.54) is 10.6 Å². The van der Waals surface area contributed by atoms with Crippen molar-refractivity contribution in [2.45, 2.75) is 6.92 Å². The zero-order valence-electron chi connectivity index (χ0n) is 8.40. The highest BCUT2D eigenvalue weighted by Gasteiger charge is 2.14. The Morgan fingerprint density at radius 3 is 2.86 bits per heavy atom. The zero-order chi connectivity index (χ0) is 9.80. The molecule has 0 N–H and O–H groups in total. The Balaban J connectivity index is 2.13. The van der Waals surface area contributed by atoms with Gasteiger partial charge >= 0.3 is 0 Å². The maximum atomic E-state index is 5.35. The molecule has 76 valence electrons. The van der Waals surface area contributed by atoms with E-state index >= 15 is 0 Å². The third-order valence-corrected chi connectivity index (χ3v) is 3.29. The predicted octanol–water partition coefficient (Wildman–Crippen LogP) is 2.44. The molecule has 1 aliphatic rings. The minimum Gasteiger partial charge on any atom is -0.378 e. The van der Waals surface area contributed by atoms with Gasteiger partial charge < -0.3 is 9.64 Å². The molecule has 0 radical (unpaired) electrons. The van der Waals surface area contributed by atoms with Gasteiger partial charge in [0.1, 0.15) is 0 Å². The molecule has 2 heterocycles. The molecule has 3 heteroatoms. The van der Waals surface area contributed by atoms with E-state index < -0.39 is 0 Å². The Morgan fingerprint density at radius 2 is 2.29 bits per heavy atom. The SMILES string of the molecule is CC=C(c1cccs1)N1CCOCC1. The van der Waals surface area contributed by atoms with Gasteiger partial charge in [-0.05, 0) is 18.4 Å². The van der Waals surface area contributed by atoms with Crippen LogP contribution in [0, 0.1) is 0 Å². The summed E-state index contributed by atoms with van der Waals surface area (Å²) in [5, 5.41) is 2.12. The lowest BCUT2D eigenvalue weighted by molar-refractivity contribution is 0.0640. The van der Waals surface area contributed by atoms with Crippen molar-refractivity contribution in [3.63, 3.8) is 0 Å². The molecule has 2 nitrogen and oxygen atoms in total. The Bertz CT molecular complexity index is 299. The first-order valence-corrected chi connectivity index (χ1v) is 5.82. The minimum atomic E-state index is 0.850. The molecule has 1 aromatic rings. The van der Waals surface area contributed by atoms with Crippen LogP contribution >= 0.6 is 11.3 Å². The van der Waals surface area contributed by atoms with E-state index in [0.717, 1.165) is 26.3 Å². The zero-order valence-corrected chi connectivity index (χ0v) is 9.22. The van der Waals surface area contributed by atoms with Crippen LogP contribution in [0.25, 0.3) is 5.70 Å². The molecule has 0 bridgehead atoms. The van der Waals surface area contributed by atoms with E-state index in [1.54, 1.807) is 11.3 Å². The first-order chi connectivity index (χ1) is 6.92. The maximum Gasteiger partial charge on any atom is 0.0642 e. The molecule has 0 unspecified atom stereocenters. The molecule has 0 aromatic carbocycles. The van der Waals surface area contributed by atoms with Gasteiger partial charge in [0.25, 0.3) is 0 Å². The highest BCUT2D eigenvalue weighted by molar-refractivity contribution is 7.11. The summed E-state index contributed by atoms with van der Waals surface area (Å²) >= 11 is 1.80. The summed E-state index contributed by atoms with van der Waals surface area (Å²) in [5.74, 6) is 0. The fourth-order valence-electron chi connectivity index (χ4n) is 1.71. The van der Waals surface area contributed by atoms with E-state index in [0.29, 0.717) is 0 Å². The summed E-state index contributed by atoms with van der Waals surface area (Å²) in [6.07, 6.45) is 2.19. The molecule has 1 fully saturated rings. The molecule has 1 aromatic heterocycles. The van der Waals surface area contributed by atoms with Crippen LogP contribution in [-0.4, -0.2) is 31.2 Å². The Hall–Kier alpha value is -0.800. The maximum absolute atomic E-state index is 5.35. The molecule has 0 aliphatic carbocycles. The topological polar surface area (TPSA) is 12.5 Å². The summed E-state index contributed by atoms with van der Waals surface area (Å²) in [6.45, 7) is 5.82. The van der Waals surface area contributed by atoms with Crippen molar-refractivity contribution in [1.29, 1.82) is 0 Å². The summed E-state index contributed by atoms with van der Waals surface area (Å²) in [7, 11) is 0. The number of allylic oxidation sites excluding steroid dienone is 1. The first kappa shape index (κ1) is 9.74. The summed E-state index contributed by atoms with van der Waals surface area (Å²) in [4.78, 5) is 3.75. The van der Waals surface area contributed by atoms with Gasteiger partial charge in [0.15, 0.2) is 0 Å². The number of morpholine rings is 1. The number of hydrogen-bond acceptors (Lipinski definition) is 3. The summed E-state index contributed by atoms with van der Waals surface area (Å²) < 4.78 is 5.35. The van der Waals surface area contributed by atoms with Crippen LogP contribution in [0.15, 0.2) is 23.6 Å². The molecule has 0 atom stereocenters. The second-order valence-electron chi connectivity index (χ2n) is 3.25. The lowest BCUT2D eigenvalue weighted by Gasteiger charge is -2.30. The van der Waals surface area contributed by atoms with Gasteiger partial charge in [-0.1, -0.05) is 12.1 Å². The van der Waals surface area contributed by atoms with Gasteiger partial charge in [-0.15, -0.1) is 11.3 Å². The highest BCUT2D eigenvalue weighted by atomic mass is 32.1. The van der Waals surface area contributed by atoms with E-state index in [1.807, 2.05) is 0 Å². The van der Waals surface area contributed by atoms with Gasteiger partial charge in [-0.2, -0.15) is 0 Å². The molecule has 0 spiro atoms. The van der Waals surface area contributed by atoms with E-state index in [9.17, 15) is 0 Å². The minimum absolute atomic E-state index is 0.850. The number of ether oxygens (including phenoxy) is 1. The summed E-state index contributed by atoms with van der Waals surface area (Å²) in [6, 6.07) is 4.28. The molecule has 14 heavy (non-hydrogen) atoms. The van der Waals surface area contributed by atoms with Crippen molar-refractivity contribution in [3.8, 4) is 0 Å². The predicted molar refractivity (Wildman–Crippen MR) is 60.4 cm³/mol. The number of nitrogens with zero attached hydrogens (tertiary/aromatic N) is 1. The van der Waals surface area contributed by atoms with E-state index in [-0.39, 0.29) is 0 Å². The number of rotatable bonds is 2. The Labute approximate surface area is 88.8 Å². The van der Waals surface area contributed by atoms with Crippen molar-refractivity contribution < 1.29 is 4.74 Å². The fraction of sp³-hybridized carbons (Fsp3) is 0.455. The number of hydrogen-bond donors (Lipinski definition) is 0. The second-order valence-corrected chi connectivity index (χ2v) is 4.20. The number of thiophene rings is 1. The molecular formula is C11H15NOS. The summed E-state index contributed by atoms with van der Waals surface area (Å²) in [5.41, 5.74) is 1.35. The van der Waals surface area contributed by atoms with Crippen LogP contribution in [0.2, 0.25) is 0 Å². The molecule has 0 amide bonds. The van der Waals surface area contributed by atoms with Gasteiger partial charge in [0.2, 0.25) is 0 Å². The molecule has 0 saturated carbocycles. The second kappa shape index (κ2) is 4.62. The monoisotopic (exact) mass is 209 g/mol. The van der Waals surface area contributed by atoms with Crippen LogP contribution in [-0.2, 0) is 4.74 Å². The lowest BCUT2D eigenvalue weighted by atomic mass is 10.2. The molecule has 2 rings (SSSR count). The van der Waals surface area contributed by atoms with Crippen LogP contribution in [0.3, 0.4) is 0 Å². The van der Waals surface area contributed by atoms with Crippen molar-refractivity contribution in [3.05, 3.63) is 28.5 Å².